The summed E-state index contributed by atoms with van der Waals surface area (Å²) in [7, 11) is -0.206. The summed E-state index contributed by atoms with van der Waals surface area (Å²) < 4.78 is 25.8. The fourth-order valence-corrected chi connectivity index (χ4v) is 4.80. The van der Waals surface area contributed by atoms with Crippen LogP contribution >= 0.6 is 0 Å². The molecule has 1 aromatic rings. The molecular weight excluding hydrogens is 322 g/mol. The molecule has 0 radical (unpaired) electrons. The Balaban J connectivity index is 1.59. The van der Waals surface area contributed by atoms with Crippen molar-refractivity contribution in [1.82, 2.24) is 14.1 Å². The third-order valence-corrected chi connectivity index (χ3v) is 7.14. The van der Waals surface area contributed by atoms with E-state index in [2.05, 4.69) is 9.80 Å². The van der Waals surface area contributed by atoms with Crippen molar-refractivity contribution < 1.29 is 8.42 Å². The topological polar surface area (TPSA) is 43.9 Å². The normalized spacial score (nSPS) is 21.6. The molecule has 2 fully saturated rings. The molecule has 1 heterocycles. The highest BCUT2D eigenvalue weighted by molar-refractivity contribution is 7.89. The zero-order chi connectivity index (χ0) is 17.2. The van der Waals surface area contributed by atoms with Gasteiger partial charge in [0.15, 0.2) is 0 Å². The fourth-order valence-electron chi connectivity index (χ4n) is 3.83. The summed E-state index contributed by atoms with van der Waals surface area (Å²) in [6.07, 6.45) is 5.50. The number of hydrogen-bond donors (Lipinski definition) is 0. The molecule has 5 nitrogen and oxygen atoms in total. The van der Waals surface area contributed by atoms with Crippen LogP contribution in [-0.2, 0) is 16.6 Å². The molecule has 1 aliphatic heterocycles. The number of nitrogens with zero attached hydrogens (tertiary/aromatic N) is 3. The summed E-state index contributed by atoms with van der Waals surface area (Å²) in [5.41, 5.74) is 1.08. The minimum absolute atomic E-state index is 0.384. The van der Waals surface area contributed by atoms with Crippen molar-refractivity contribution in [2.45, 2.75) is 43.2 Å². The van der Waals surface area contributed by atoms with E-state index >= 15 is 0 Å². The smallest absolute Gasteiger partial charge is 0.242 e. The zero-order valence-electron chi connectivity index (χ0n) is 14.8. The predicted molar refractivity (Wildman–Crippen MR) is 96.4 cm³/mol. The van der Waals surface area contributed by atoms with Crippen LogP contribution in [0.15, 0.2) is 29.2 Å². The minimum Gasteiger partial charge on any atom is -0.298 e. The lowest BCUT2D eigenvalue weighted by Crippen LogP contribution is -2.49. The van der Waals surface area contributed by atoms with E-state index < -0.39 is 10.0 Å². The van der Waals surface area contributed by atoms with Gasteiger partial charge in [0.05, 0.1) is 4.90 Å². The number of rotatable bonds is 5. The number of benzene rings is 1. The van der Waals surface area contributed by atoms with E-state index in [1.54, 1.807) is 20.2 Å². The molecule has 0 N–H and O–H groups in total. The molecule has 1 saturated carbocycles. The summed E-state index contributed by atoms with van der Waals surface area (Å²) in [6.45, 7) is 5.25. The molecule has 1 aliphatic carbocycles. The van der Waals surface area contributed by atoms with E-state index in [-0.39, 0.29) is 0 Å². The summed E-state index contributed by atoms with van der Waals surface area (Å²) in [5, 5.41) is 0. The average molecular weight is 352 g/mol. The van der Waals surface area contributed by atoms with Gasteiger partial charge in [0.25, 0.3) is 0 Å². The Morgan fingerprint density at radius 3 is 2.38 bits per heavy atom. The minimum atomic E-state index is -3.35. The lowest BCUT2D eigenvalue weighted by Gasteiger charge is -2.38. The molecule has 0 amide bonds. The van der Waals surface area contributed by atoms with Gasteiger partial charge in [0.1, 0.15) is 0 Å². The third kappa shape index (κ3) is 3.99. The van der Waals surface area contributed by atoms with Gasteiger partial charge in [-0.25, -0.2) is 12.7 Å². The number of hydrogen-bond acceptors (Lipinski definition) is 4. The van der Waals surface area contributed by atoms with E-state index in [0.29, 0.717) is 4.90 Å². The van der Waals surface area contributed by atoms with Gasteiger partial charge in [-0.15, -0.1) is 0 Å². The van der Waals surface area contributed by atoms with Crippen molar-refractivity contribution >= 4 is 10.0 Å². The van der Waals surface area contributed by atoms with Gasteiger partial charge >= 0.3 is 0 Å². The molecule has 0 atom stereocenters. The first-order valence-corrected chi connectivity index (χ1v) is 10.4. The molecule has 1 aromatic carbocycles. The molecule has 24 heavy (non-hydrogen) atoms. The van der Waals surface area contributed by atoms with Crippen molar-refractivity contribution in [3.05, 3.63) is 29.8 Å². The maximum atomic E-state index is 12.3. The highest BCUT2D eigenvalue weighted by Gasteiger charge is 2.26. The molecule has 2 aliphatic rings. The Kier molecular flexibility index (Phi) is 5.59. The van der Waals surface area contributed by atoms with Gasteiger partial charge in [0.2, 0.25) is 10.0 Å². The number of sulfonamides is 1. The van der Waals surface area contributed by atoms with E-state index in [9.17, 15) is 8.42 Å². The molecular formula is C18H29N3O2S. The SMILES string of the molecule is CN(C)S(=O)(=O)c1cccc(CN2CCN(C3CCCC3)CC2)c1. The van der Waals surface area contributed by atoms with Crippen LogP contribution in [0.2, 0.25) is 0 Å². The lowest BCUT2D eigenvalue weighted by atomic mass is 10.1. The first-order valence-electron chi connectivity index (χ1n) is 8.95. The summed E-state index contributed by atoms with van der Waals surface area (Å²) in [5.74, 6) is 0. The Labute approximate surface area is 146 Å². The third-order valence-electron chi connectivity index (χ3n) is 5.33. The van der Waals surface area contributed by atoms with Crippen LogP contribution in [0.3, 0.4) is 0 Å². The van der Waals surface area contributed by atoms with Crippen LogP contribution in [-0.4, -0.2) is 68.8 Å². The Bertz CT molecular complexity index is 646. The van der Waals surface area contributed by atoms with Gasteiger partial charge in [-0.3, -0.25) is 9.80 Å². The zero-order valence-corrected chi connectivity index (χ0v) is 15.6. The van der Waals surface area contributed by atoms with Gasteiger partial charge in [0, 0.05) is 52.9 Å². The van der Waals surface area contributed by atoms with Crippen LogP contribution in [0, 0.1) is 0 Å². The molecule has 0 spiro atoms. The van der Waals surface area contributed by atoms with Gasteiger partial charge in [-0.1, -0.05) is 25.0 Å². The molecule has 134 valence electrons. The molecule has 6 heteroatoms. The monoisotopic (exact) mass is 351 g/mol. The summed E-state index contributed by atoms with van der Waals surface area (Å²) in [4.78, 5) is 5.47. The van der Waals surface area contributed by atoms with Gasteiger partial charge in [-0.05, 0) is 30.5 Å². The molecule has 1 saturated heterocycles. The van der Waals surface area contributed by atoms with E-state index in [4.69, 9.17) is 0 Å². The van der Waals surface area contributed by atoms with Crippen LogP contribution in [0.4, 0.5) is 0 Å². The van der Waals surface area contributed by atoms with Crippen molar-refractivity contribution in [3.8, 4) is 0 Å². The number of piperazine rings is 1. The van der Waals surface area contributed by atoms with Gasteiger partial charge < -0.3 is 0 Å². The standard InChI is InChI=1S/C18H29N3O2S/c1-19(2)24(22,23)18-9-5-6-16(14-18)15-20-10-12-21(13-11-20)17-7-3-4-8-17/h5-6,9,14,17H,3-4,7-8,10-13,15H2,1-2H3. The second kappa shape index (κ2) is 7.52. The molecule has 0 unspecified atom stereocenters. The highest BCUT2D eigenvalue weighted by Crippen LogP contribution is 2.24. The van der Waals surface area contributed by atoms with Crippen LogP contribution in [0.25, 0.3) is 0 Å². The largest absolute Gasteiger partial charge is 0.298 e. The quantitative estimate of drug-likeness (QED) is 0.814. The van der Waals surface area contributed by atoms with Crippen LogP contribution in [0.5, 0.6) is 0 Å². The maximum absolute atomic E-state index is 12.3. The second-order valence-corrected chi connectivity index (χ2v) is 9.34. The second-order valence-electron chi connectivity index (χ2n) is 7.19. The van der Waals surface area contributed by atoms with Crippen molar-refractivity contribution in [2.24, 2.45) is 0 Å². The Hall–Kier alpha value is -0.950. The van der Waals surface area contributed by atoms with Crippen LogP contribution in [0.1, 0.15) is 31.2 Å². The Morgan fingerprint density at radius 1 is 1.08 bits per heavy atom. The molecule has 0 bridgehead atoms. The predicted octanol–water partition coefficient (Wildman–Crippen LogP) is 2.00. The molecule has 3 rings (SSSR count). The molecule has 0 aromatic heterocycles. The van der Waals surface area contributed by atoms with Crippen molar-refractivity contribution in [2.75, 3.05) is 40.3 Å². The summed E-state index contributed by atoms with van der Waals surface area (Å²) >= 11 is 0. The highest BCUT2D eigenvalue weighted by atomic mass is 32.2. The first kappa shape index (κ1) is 17.9. The maximum Gasteiger partial charge on any atom is 0.242 e. The van der Waals surface area contributed by atoms with E-state index in [1.807, 2.05) is 18.2 Å². The Morgan fingerprint density at radius 2 is 1.75 bits per heavy atom. The van der Waals surface area contributed by atoms with Crippen molar-refractivity contribution in [3.63, 3.8) is 0 Å². The first-order chi connectivity index (χ1) is 11.5. The fraction of sp³-hybridized carbons (Fsp3) is 0.667. The van der Waals surface area contributed by atoms with Gasteiger partial charge in [-0.2, -0.15) is 0 Å². The van der Waals surface area contributed by atoms with Crippen molar-refractivity contribution in [1.29, 1.82) is 0 Å². The average Bonchev–Trinajstić information content (AvgIpc) is 3.10. The summed E-state index contributed by atoms with van der Waals surface area (Å²) in [6, 6.07) is 8.18. The van der Waals surface area contributed by atoms with E-state index in [1.165, 1.54) is 30.0 Å². The van der Waals surface area contributed by atoms with Crippen LogP contribution < -0.4 is 0 Å². The lowest BCUT2D eigenvalue weighted by molar-refractivity contribution is 0.0937. The van der Waals surface area contributed by atoms with E-state index in [0.717, 1.165) is 44.3 Å².